The van der Waals surface area contributed by atoms with Gasteiger partial charge in [-0.3, -0.25) is 4.90 Å². The number of nitrogens with two attached hydrogens (primary N) is 1. The fourth-order valence-electron chi connectivity index (χ4n) is 2.28. The van der Waals surface area contributed by atoms with Crippen LogP contribution in [-0.2, 0) is 0 Å². The minimum atomic E-state index is -4.22. The molecule has 0 spiro atoms. The Hall–Kier alpha value is -1.07. The second kappa shape index (κ2) is 6.59. The predicted molar refractivity (Wildman–Crippen MR) is 75.5 cm³/mol. The van der Waals surface area contributed by atoms with Gasteiger partial charge in [0.2, 0.25) is 0 Å². The van der Waals surface area contributed by atoms with E-state index in [0.717, 1.165) is 11.1 Å². The molecule has 0 fully saturated rings. The van der Waals surface area contributed by atoms with Crippen molar-refractivity contribution in [3.63, 3.8) is 0 Å². The van der Waals surface area contributed by atoms with Crippen molar-refractivity contribution in [2.75, 3.05) is 6.54 Å². The van der Waals surface area contributed by atoms with E-state index >= 15 is 0 Å². The summed E-state index contributed by atoms with van der Waals surface area (Å²) >= 11 is 0. The Morgan fingerprint density at radius 1 is 1.10 bits per heavy atom. The Kier molecular flexibility index (Phi) is 5.59. The van der Waals surface area contributed by atoms with Crippen molar-refractivity contribution in [3.8, 4) is 0 Å². The van der Waals surface area contributed by atoms with Crippen LogP contribution in [0.3, 0.4) is 0 Å². The fourth-order valence-corrected chi connectivity index (χ4v) is 2.28. The molecule has 0 heterocycles. The largest absolute Gasteiger partial charge is 0.401 e. The average Bonchev–Trinajstić information content (AvgIpc) is 2.34. The van der Waals surface area contributed by atoms with Crippen molar-refractivity contribution in [3.05, 3.63) is 35.4 Å². The highest BCUT2D eigenvalue weighted by Crippen LogP contribution is 2.25. The maximum Gasteiger partial charge on any atom is 0.401 e. The summed E-state index contributed by atoms with van der Waals surface area (Å²) in [5, 5.41) is 0. The van der Waals surface area contributed by atoms with Crippen molar-refractivity contribution in [1.82, 2.24) is 4.90 Å². The molecule has 0 amide bonds. The molecule has 1 aromatic rings. The van der Waals surface area contributed by atoms with Gasteiger partial charge in [-0.05, 0) is 33.3 Å². The van der Waals surface area contributed by atoms with Crippen molar-refractivity contribution < 1.29 is 13.2 Å². The summed E-state index contributed by atoms with van der Waals surface area (Å²) < 4.78 is 38.0. The van der Waals surface area contributed by atoms with Crippen LogP contribution in [0.5, 0.6) is 0 Å². The van der Waals surface area contributed by atoms with Gasteiger partial charge in [0.25, 0.3) is 0 Å². The van der Waals surface area contributed by atoms with Gasteiger partial charge in [-0.15, -0.1) is 0 Å². The zero-order valence-corrected chi connectivity index (χ0v) is 12.4. The van der Waals surface area contributed by atoms with E-state index in [-0.39, 0.29) is 12.1 Å². The number of hydrogen-bond acceptors (Lipinski definition) is 2. The summed E-state index contributed by atoms with van der Waals surface area (Å²) in [6.07, 6.45) is -4.22. The Labute approximate surface area is 118 Å². The minimum absolute atomic E-state index is 0.219. The molecule has 0 aromatic heterocycles. The predicted octanol–water partition coefficient (Wildman–Crippen LogP) is 3.66. The summed E-state index contributed by atoms with van der Waals surface area (Å²) in [5.41, 5.74) is 8.10. The van der Waals surface area contributed by atoms with Crippen LogP contribution in [0.2, 0.25) is 0 Å². The van der Waals surface area contributed by atoms with Gasteiger partial charge in [0.15, 0.2) is 0 Å². The molecule has 2 atom stereocenters. The number of benzene rings is 1. The summed E-state index contributed by atoms with van der Waals surface area (Å²) in [4.78, 5) is 1.39. The first-order valence-corrected chi connectivity index (χ1v) is 6.76. The first-order chi connectivity index (χ1) is 9.11. The van der Waals surface area contributed by atoms with E-state index in [4.69, 9.17) is 5.73 Å². The first kappa shape index (κ1) is 17.0. The van der Waals surface area contributed by atoms with Crippen LogP contribution in [0.1, 0.15) is 37.9 Å². The van der Waals surface area contributed by atoms with Gasteiger partial charge in [0.05, 0.1) is 6.54 Å². The highest BCUT2D eigenvalue weighted by atomic mass is 19.4. The Balaban J connectivity index is 2.88. The summed E-state index contributed by atoms with van der Waals surface area (Å²) in [7, 11) is 0. The number of alkyl halides is 3. The quantitative estimate of drug-likeness (QED) is 0.896. The molecule has 114 valence electrons. The third kappa shape index (κ3) is 4.80. The maximum atomic E-state index is 12.7. The molecule has 0 saturated heterocycles. The molecule has 0 aliphatic rings. The van der Waals surface area contributed by atoms with E-state index in [1.807, 2.05) is 31.2 Å². The number of rotatable bonds is 5. The van der Waals surface area contributed by atoms with Crippen molar-refractivity contribution in [1.29, 1.82) is 0 Å². The second-order valence-corrected chi connectivity index (χ2v) is 5.56. The fraction of sp³-hybridized carbons (Fsp3) is 0.600. The molecular formula is C15H23F3N2. The normalized spacial score (nSPS) is 15.7. The molecule has 2 nitrogen and oxygen atoms in total. The maximum absolute atomic E-state index is 12.7. The lowest BCUT2D eigenvalue weighted by molar-refractivity contribution is -0.155. The molecule has 0 bridgehead atoms. The van der Waals surface area contributed by atoms with E-state index < -0.39 is 18.8 Å². The summed E-state index contributed by atoms with van der Waals surface area (Å²) in [6.45, 7) is 6.28. The monoisotopic (exact) mass is 288 g/mol. The molecule has 2 N–H and O–H groups in total. The van der Waals surface area contributed by atoms with Crippen molar-refractivity contribution in [2.45, 2.75) is 52.0 Å². The standard InChI is InChI=1S/C15H23F3N2/c1-10(2)20(9-15(16,17)18)12(4)14(19)13-7-5-11(3)6-8-13/h5-8,10,12,14H,9,19H2,1-4H3. The van der Waals surface area contributed by atoms with Crippen LogP contribution >= 0.6 is 0 Å². The van der Waals surface area contributed by atoms with Crippen LogP contribution in [0, 0.1) is 6.92 Å². The van der Waals surface area contributed by atoms with Crippen LogP contribution in [0.15, 0.2) is 24.3 Å². The van der Waals surface area contributed by atoms with E-state index in [0.29, 0.717) is 0 Å². The van der Waals surface area contributed by atoms with E-state index in [9.17, 15) is 13.2 Å². The molecular weight excluding hydrogens is 265 g/mol. The molecule has 0 saturated carbocycles. The highest BCUT2D eigenvalue weighted by Gasteiger charge is 2.35. The smallest absolute Gasteiger partial charge is 0.323 e. The van der Waals surface area contributed by atoms with Gasteiger partial charge >= 0.3 is 6.18 Å². The average molecular weight is 288 g/mol. The summed E-state index contributed by atoms with van der Waals surface area (Å²) in [6, 6.07) is 6.55. The van der Waals surface area contributed by atoms with Crippen molar-refractivity contribution in [2.24, 2.45) is 5.73 Å². The van der Waals surface area contributed by atoms with Gasteiger partial charge in [0, 0.05) is 18.1 Å². The van der Waals surface area contributed by atoms with Crippen LogP contribution in [0.25, 0.3) is 0 Å². The number of aryl methyl sites for hydroxylation is 1. The van der Waals surface area contributed by atoms with E-state index in [1.165, 1.54) is 4.90 Å². The Morgan fingerprint density at radius 2 is 1.60 bits per heavy atom. The molecule has 0 aliphatic carbocycles. The van der Waals surface area contributed by atoms with Gasteiger partial charge in [0.1, 0.15) is 0 Å². The first-order valence-electron chi connectivity index (χ1n) is 6.76. The lowest BCUT2D eigenvalue weighted by Crippen LogP contribution is -2.48. The van der Waals surface area contributed by atoms with E-state index in [2.05, 4.69) is 0 Å². The number of hydrogen-bond donors (Lipinski definition) is 1. The minimum Gasteiger partial charge on any atom is -0.323 e. The zero-order chi connectivity index (χ0) is 15.5. The molecule has 2 unspecified atom stereocenters. The number of halogens is 3. The molecule has 1 aromatic carbocycles. The third-order valence-corrected chi connectivity index (χ3v) is 3.53. The molecule has 1 rings (SSSR count). The SMILES string of the molecule is Cc1ccc(C(N)C(C)N(CC(F)(F)F)C(C)C)cc1. The van der Waals surface area contributed by atoms with Crippen molar-refractivity contribution >= 4 is 0 Å². The highest BCUT2D eigenvalue weighted by molar-refractivity contribution is 5.24. The Morgan fingerprint density at radius 3 is 2.00 bits per heavy atom. The zero-order valence-electron chi connectivity index (χ0n) is 12.4. The van der Waals surface area contributed by atoms with Gasteiger partial charge in [-0.1, -0.05) is 29.8 Å². The molecule has 20 heavy (non-hydrogen) atoms. The van der Waals surface area contributed by atoms with Crippen LogP contribution in [0.4, 0.5) is 13.2 Å². The molecule has 0 radical (unpaired) electrons. The van der Waals surface area contributed by atoms with E-state index in [1.54, 1.807) is 20.8 Å². The van der Waals surface area contributed by atoms with Gasteiger partial charge in [-0.2, -0.15) is 13.2 Å². The second-order valence-electron chi connectivity index (χ2n) is 5.56. The lowest BCUT2D eigenvalue weighted by Gasteiger charge is -2.36. The lowest BCUT2D eigenvalue weighted by atomic mass is 9.98. The summed E-state index contributed by atoms with van der Waals surface area (Å²) in [5.74, 6) is 0. The third-order valence-electron chi connectivity index (χ3n) is 3.53. The van der Waals surface area contributed by atoms with Gasteiger partial charge in [-0.25, -0.2) is 0 Å². The van der Waals surface area contributed by atoms with Crippen LogP contribution in [-0.4, -0.2) is 29.7 Å². The molecule has 5 heteroatoms. The number of nitrogens with zero attached hydrogens (tertiary/aromatic N) is 1. The van der Waals surface area contributed by atoms with Gasteiger partial charge < -0.3 is 5.73 Å². The Bertz CT molecular complexity index is 412. The topological polar surface area (TPSA) is 29.3 Å². The molecule has 0 aliphatic heterocycles. The van der Waals surface area contributed by atoms with Crippen LogP contribution < -0.4 is 5.73 Å².